The molecule has 1 heterocycles. The van der Waals surface area contributed by atoms with Gasteiger partial charge in [-0.15, -0.1) is 0 Å². The summed E-state index contributed by atoms with van der Waals surface area (Å²) < 4.78 is 0. The van der Waals surface area contributed by atoms with Gasteiger partial charge in [-0.1, -0.05) is 0 Å². The summed E-state index contributed by atoms with van der Waals surface area (Å²) in [4.78, 5) is 71.5. The van der Waals surface area contributed by atoms with Crippen molar-refractivity contribution in [1.82, 2.24) is 15.5 Å². The van der Waals surface area contributed by atoms with Crippen LogP contribution in [0, 0.1) is 0 Å². The first-order valence-corrected chi connectivity index (χ1v) is 9.36. The molecule has 0 saturated carbocycles. The average molecular weight is 446 g/mol. The molecule has 14 heteroatoms. The Morgan fingerprint density at radius 3 is 2.10 bits per heavy atom. The third-order valence-electron chi connectivity index (χ3n) is 4.61. The van der Waals surface area contributed by atoms with Gasteiger partial charge in [0, 0.05) is 6.54 Å². The second kappa shape index (κ2) is 11.2. The van der Waals surface area contributed by atoms with Crippen LogP contribution in [0.5, 0.6) is 0 Å². The Hall–Kier alpha value is -3.26. The number of nitrogens with two attached hydrogens (primary N) is 1. The number of aliphatic carboxylic acids is 3. The van der Waals surface area contributed by atoms with E-state index in [1.165, 1.54) is 0 Å². The molecule has 14 nitrogen and oxygen atoms in total. The zero-order chi connectivity index (χ0) is 23.9. The minimum Gasteiger partial charge on any atom is -0.481 e. The minimum absolute atomic E-state index is 0.114. The first-order chi connectivity index (χ1) is 14.3. The van der Waals surface area contributed by atoms with Crippen molar-refractivity contribution in [2.75, 3.05) is 6.54 Å². The van der Waals surface area contributed by atoms with Crippen molar-refractivity contribution < 1.29 is 49.2 Å². The monoisotopic (exact) mass is 446 g/mol. The highest BCUT2D eigenvalue weighted by atomic mass is 16.4. The number of nitrogens with one attached hydrogen (secondary N) is 2. The zero-order valence-electron chi connectivity index (χ0n) is 16.7. The molecule has 0 aromatic rings. The molecule has 0 aliphatic carbocycles. The van der Waals surface area contributed by atoms with E-state index in [-0.39, 0.29) is 13.0 Å². The largest absolute Gasteiger partial charge is 0.481 e. The van der Waals surface area contributed by atoms with Crippen molar-refractivity contribution in [3.63, 3.8) is 0 Å². The number of rotatable bonds is 11. The number of amides is 3. The highest BCUT2D eigenvalue weighted by Gasteiger charge is 2.39. The van der Waals surface area contributed by atoms with E-state index in [0.29, 0.717) is 6.42 Å². The summed E-state index contributed by atoms with van der Waals surface area (Å²) in [5, 5.41) is 40.4. The van der Waals surface area contributed by atoms with E-state index in [2.05, 4.69) is 5.32 Å². The molecule has 0 aromatic heterocycles. The molecular formula is C17H26N4O10. The van der Waals surface area contributed by atoms with Crippen LogP contribution < -0.4 is 16.4 Å². The lowest BCUT2D eigenvalue weighted by Gasteiger charge is -2.28. The molecule has 5 atom stereocenters. The van der Waals surface area contributed by atoms with Crippen molar-refractivity contribution in [1.29, 1.82) is 0 Å². The van der Waals surface area contributed by atoms with Gasteiger partial charge in [0.2, 0.25) is 17.7 Å². The summed E-state index contributed by atoms with van der Waals surface area (Å²) in [6.45, 7) is 1.22. The molecule has 1 aliphatic rings. The molecule has 0 spiro atoms. The van der Waals surface area contributed by atoms with E-state index in [1.807, 2.05) is 5.32 Å². The maximum absolute atomic E-state index is 12.7. The van der Waals surface area contributed by atoms with Gasteiger partial charge in [0.25, 0.3) is 0 Å². The van der Waals surface area contributed by atoms with Gasteiger partial charge in [0.1, 0.15) is 12.1 Å². The average Bonchev–Trinajstić information content (AvgIpc) is 3.12. The summed E-state index contributed by atoms with van der Waals surface area (Å²) in [5.74, 6) is -7.14. The van der Waals surface area contributed by atoms with Gasteiger partial charge in [-0.3, -0.25) is 24.0 Å². The molecule has 0 aromatic carbocycles. The summed E-state index contributed by atoms with van der Waals surface area (Å²) >= 11 is 0. The van der Waals surface area contributed by atoms with Gasteiger partial charge >= 0.3 is 17.9 Å². The number of carboxylic acids is 3. The fourth-order valence-corrected chi connectivity index (χ4v) is 3.09. The Morgan fingerprint density at radius 2 is 1.61 bits per heavy atom. The Morgan fingerprint density at radius 1 is 1.03 bits per heavy atom. The van der Waals surface area contributed by atoms with Gasteiger partial charge in [-0.25, -0.2) is 4.79 Å². The number of aliphatic hydroxyl groups excluding tert-OH is 1. The molecule has 1 rings (SSSR count). The maximum atomic E-state index is 12.7. The van der Waals surface area contributed by atoms with E-state index in [9.17, 15) is 33.9 Å². The summed E-state index contributed by atoms with van der Waals surface area (Å²) in [6, 6.07) is -5.91. The third kappa shape index (κ3) is 7.49. The van der Waals surface area contributed by atoms with Crippen LogP contribution in [0.25, 0.3) is 0 Å². The molecule has 31 heavy (non-hydrogen) atoms. The standard InChI is InChI=1S/C17H26N4O10/c1-7(22)13(17(30)31)20-14(27)9(6-12(25)26)19-15(28)10-3-2-4-21(10)16(29)8(18)5-11(23)24/h7-10,13,22H,2-6,18H2,1H3,(H,19,28)(H,20,27)(H,23,24)(H,25,26)(H,30,31). The van der Waals surface area contributed by atoms with Crippen LogP contribution in [0.3, 0.4) is 0 Å². The minimum atomic E-state index is -1.74. The number of nitrogens with zero attached hydrogens (tertiary/aromatic N) is 1. The van der Waals surface area contributed by atoms with Crippen molar-refractivity contribution in [2.24, 2.45) is 5.73 Å². The number of carbonyl (C=O) groups is 6. The molecule has 1 saturated heterocycles. The fourth-order valence-electron chi connectivity index (χ4n) is 3.09. The van der Waals surface area contributed by atoms with Gasteiger partial charge in [-0.2, -0.15) is 0 Å². The lowest BCUT2D eigenvalue weighted by molar-refractivity contribution is -0.146. The topological polar surface area (TPSA) is 237 Å². The Balaban J connectivity index is 2.94. The van der Waals surface area contributed by atoms with Crippen molar-refractivity contribution in [2.45, 2.75) is 62.9 Å². The van der Waals surface area contributed by atoms with E-state index < -0.39 is 78.7 Å². The van der Waals surface area contributed by atoms with E-state index in [0.717, 1.165) is 11.8 Å². The Kier molecular flexibility index (Phi) is 9.33. The molecule has 0 radical (unpaired) electrons. The summed E-state index contributed by atoms with van der Waals surface area (Å²) in [7, 11) is 0. The second-order valence-corrected chi connectivity index (χ2v) is 7.12. The van der Waals surface area contributed by atoms with Gasteiger partial charge < -0.3 is 41.7 Å². The van der Waals surface area contributed by atoms with E-state index in [1.54, 1.807) is 0 Å². The highest BCUT2D eigenvalue weighted by molar-refractivity contribution is 5.96. The number of aliphatic hydroxyl groups is 1. The van der Waals surface area contributed by atoms with Crippen LogP contribution >= 0.6 is 0 Å². The second-order valence-electron chi connectivity index (χ2n) is 7.12. The van der Waals surface area contributed by atoms with Crippen LogP contribution in [0.2, 0.25) is 0 Å². The van der Waals surface area contributed by atoms with Gasteiger partial charge in [-0.05, 0) is 19.8 Å². The molecule has 0 bridgehead atoms. The summed E-state index contributed by atoms with van der Waals surface area (Å²) in [6.07, 6.45) is -2.47. The van der Waals surface area contributed by atoms with Crippen LogP contribution in [-0.2, 0) is 28.8 Å². The van der Waals surface area contributed by atoms with Gasteiger partial charge in [0.05, 0.1) is 25.0 Å². The fraction of sp³-hybridized carbons (Fsp3) is 0.647. The molecular weight excluding hydrogens is 420 g/mol. The molecule has 8 N–H and O–H groups in total. The smallest absolute Gasteiger partial charge is 0.328 e. The highest BCUT2D eigenvalue weighted by Crippen LogP contribution is 2.19. The van der Waals surface area contributed by atoms with Crippen LogP contribution in [0.1, 0.15) is 32.6 Å². The molecule has 174 valence electrons. The maximum Gasteiger partial charge on any atom is 0.328 e. The first-order valence-electron chi connectivity index (χ1n) is 9.36. The molecule has 1 fully saturated rings. The van der Waals surface area contributed by atoms with Crippen LogP contribution in [-0.4, -0.2) is 97.8 Å². The third-order valence-corrected chi connectivity index (χ3v) is 4.61. The lowest BCUT2D eigenvalue weighted by Crippen LogP contribution is -2.58. The first kappa shape index (κ1) is 25.8. The van der Waals surface area contributed by atoms with Crippen molar-refractivity contribution in [3.8, 4) is 0 Å². The normalized spacial score (nSPS) is 19.6. The number of carboxylic acid groups (broad SMARTS) is 3. The molecule has 5 unspecified atom stereocenters. The van der Waals surface area contributed by atoms with Crippen LogP contribution in [0.4, 0.5) is 0 Å². The Labute approximate surface area is 176 Å². The van der Waals surface area contributed by atoms with Crippen molar-refractivity contribution >= 4 is 35.6 Å². The number of hydrogen-bond acceptors (Lipinski definition) is 8. The molecule has 1 aliphatic heterocycles. The van der Waals surface area contributed by atoms with Gasteiger partial charge in [0.15, 0.2) is 6.04 Å². The number of likely N-dealkylation sites (tertiary alicyclic amines) is 1. The van der Waals surface area contributed by atoms with Crippen LogP contribution in [0.15, 0.2) is 0 Å². The van der Waals surface area contributed by atoms with E-state index in [4.69, 9.17) is 21.1 Å². The number of carbonyl (C=O) groups excluding carboxylic acids is 3. The predicted molar refractivity (Wildman–Crippen MR) is 100 cm³/mol. The predicted octanol–water partition coefficient (Wildman–Crippen LogP) is -3.31. The quantitative estimate of drug-likeness (QED) is 0.166. The van der Waals surface area contributed by atoms with Crippen molar-refractivity contribution in [3.05, 3.63) is 0 Å². The zero-order valence-corrected chi connectivity index (χ0v) is 16.7. The lowest BCUT2D eigenvalue weighted by atomic mass is 10.1. The summed E-state index contributed by atoms with van der Waals surface area (Å²) in [5.41, 5.74) is 5.56. The molecule has 3 amide bonds. The SMILES string of the molecule is CC(O)C(NC(=O)C(CC(=O)O)NC(=O)C1CCCN1C(=O)C(N)CC(=O)O)C(=O)O. The van der Waals surface area contributed by atoms with E-state index >= 15 is 0 Å². The Bertz CT molecular complexity index is 740. The number of hydrogen-bond donors (Lipinski definition) is 7.